The van der Waals surface area contributed by atoms with E-state index >= 15 is 0 Å². The molecule has 1 aromatic carbocycles. The second-order valence-corrected chi connectivity index (χ2v) is 5.30. The molecule has 0 aliphatic carbocycles. The summed E-state index contributed by atoms with van der Waals surface area (Å²) in [5.74, 6) is 0.573. The number of nitrogens with zero attached hydrogens (tertiary/aromatic N) is 3. The van der Waals surface area contributed by atoms with Crippen LogP contribution >= 0.6 is 11.3 Å². The molecule has 4 nitrogen and oxygen atoms in total. The van der Waals surface area contributed by atoms with Gasteiger partial charge in [-0.15, -0.1) is 11.3 Å². The fraction of sp³-hybridized carbons (Fsp3) is 0.0625. The maximum absolute atomic E-state index is 9.19. The van der Waals surface area contributed by atoms with E-state index in [1.807, 2.05) is 35.7 Å². The number of hydrogen-bond donors (Lipinski definition) is 1. The number of thiazole rings is 1. The molecule has 0 aliphatic rings. The number of rotatable bonds is 4. The molecule has 21 heavy (non-hydrogen) atoms. The zero-order chi connectivity index (χ0) is 14.5. The van der Waals surface area contributed by atoms with Gasteiger partial charge in [0.15, 0.2) is 0 Å². The second-order valence-electron chi connectivity index (χ2n) is 4.37. The van der Waals surface area contributed by atoms with E-state index in [0.717, 1.165) is 10.6 Å². The Labute approximate surface area is 126 Å². The Bertz CT molecular complexity index is 747. The van der Waals surface area contributed by atoms with Gasteiger partial charge in [-0.3, -0.25) is 0 Å². The van der Waals surface area contributed by atoms with Crippen molar-refractivity contribution in [2.24, 2.45) is 0 Å². The topological polar surface area (TPSA) is 61.6 Å². The molecule has 1 N–H and O–H groups in total. The van der Waals surface area contributed by atoms with Gasteiger partial charge in [-0.1, -0.05) is 30.3 Å². The first-order valence-corrected chi connectivity index (χ1v) is 7.32. The number of benzene rings is 1. The molecule has 2 aromatic heterocycles. The van der Waals surface area contributed by atoms with Crippen LogP contribution in [0.3, 0.4) is 0 Å². The maximum Gasteiger partial charge on any atom is 0.144 e. The Kier molecular flexibility index (Phi) is 3.90. The minimum absolute atomic E-state index is 0.117. The molecule has 1 unspecified atom stereocenters. The van der Waals surface area contributed by atoms with E-state index in [9.17, 15) is 5.26 Å². The van der Waals surface area contributed by atoms with Gasteiger partial charge in [0.25, 0.3) is 0 Å². The molecule has 0 spiro atoms. The molecular weight excluding hydrogens is 280 g/mol. The molecule has 0 saturated heterocycles. The molecule has 5 heteroatoms. The van der Waals surface area contributed by atoms with Gasteiger partial charge < -0.3 is 5.32 Å². The summed E-state index contributed by atoms with van der Waals surface area (Å²) in [6.07, 6.45) is 3.45. The van der Waals surface area contributed by atoms with Crippen molar-refractivity contribution in [3.8, 4) is 6.07 Å². The number of nitrogens with one attached hydrogen (secondary N) is 1. The van der Waals surface area contributed by atoms with Crippen molar-refractivity contribution in [1.82, 2.24) is 9.97 Å². The molecule has 1 atom stereocenters. The Morgan fingerprint density at radius 3 is 2.62 bits per heavy atom. The van der Waals surface area contributed by atoms with Crippen LogP contribution in [0.5, 0.6) is 0 Å². The summed E-state index contributed by atoms with van der Waals surface area (Å²) >= 11 is 1.57. The van der Waals surface area contributed by atoms with Crippen LogP contribution in [0.25, 0.3) is 0 Å². The Morgan fingerprint density at radius 2 is 1.90 bits per heavy atom. The smallest absolute Gasteiger partial charge is 0.144 e. The van der Waals surface area contributed by atoms with Gasteiger partial charge in [0.1, 0.15) is 22.9 Å². The van der Waals surface area contributed by atoms with Gasteiger partial charge >= 0.3 is 0 Å². The van der Waals surface area contributed by atoms with Gasteiger partial charge in [-0.2, -0.15) is 5.26 Å². The predicted molar refractivity (Wildman–Crippen MR) is 83.0 cm³/mol. The summed E-state index contributed by atoms with van der Waals surface area (Å²) in [4.78, 5) is 8.66. The lowest BCUT2D eigenvalue weighted by Gasteiger charge is -2.18. The van der Waals surface area contributed by atoms with E-state index in [2.05, 4.69) is 21.4 Å². The highest BCUT2D eigenvalue weighted by atomic mass is 32.1. The molecule has 3 rings (SSSR count). The van der Waals surface area contributed by atoms with Crippen LogP contribution in [0.4, 0.5) is 5.82 Å². The van der Waals surface area contributed by atoms with E-state index in [-0.39, 0.29) is 6.04 Å². The van der Waals surface area contributed by atoms with E-state index in [1.165, 1.54) is 0 Å². The van der Waals surface area contributed by atoms with Crippen LogP contribution in [0.15, 0.2) is 60.2 Å². The molecular formula is C16H12N4S. The standard InChI is InChI=1S/C16H12N4S/c17-11-13-7-4-8-18-15(13)20-14(16-19-9-10-21-16)12-5-2-1-3-6-12/h1-10,14H,(H,18,20). The molecule has 0 radical (unpaired) electrons. The van der Waals surface area contributed by atoms with Crippen LogP contribution in [0.2, 0.25) is 0 Å². The minimum atomic E-state index is -0.117. The van der Waals surface area contributed by atoms with Crippen molar-refractivity contribution in [3.63, 3.8) is 0 Å². The zero-order valence-corrected chi connectivity index (χ0v) is 11.9. The first-order valence-electron chi connectivity index (χ1n) is 6.44. The number of hydrogen-bond acceptors (Lipinski definition) is 5. The number of aromatic nitrogens is 2. The minimum Gasteiger partial charge on any atom is -0.356 e. The van der Waals surface area contributed by atoms with E-state index in [0.29, 0.717) is 11.4 Å². The highest BCUT2D eigenvalue weighted by Gasteiger charge is 2.18. The summed E-state index contributed by atoms with van der Waals surface area (Å²) in [7, 11) is 0. The number of pyridine rings is 1. The summed E-state index contributed by atoms with van der Waals surface area (Å²) < 4.78 is 0. The van der Waals surface area contributed by atoms with Crippen LogP contribution in [0.1, 0.15) is 22.2 Å². The summed E-state index contributed by atoms with van der Waals surface area (Å²) in [6.45, 7) is 0. The second kappa shape index (κ2) is 6.16. The van der Waals surface area contributed by atoms with Crippen molar-refractivity contribution in [1.29, 1.82) is 5.26 Å². The third kappa shape index (κ3) is 2.91. The monoisotopic (exact) mass is 292 g/mol. The van der Waals surface area contributed by atoms with Crippen molar-refractivity contribution in [3.05, 3.63) is 76.4 Å². The lowest BCUT2D eigenvalue weighted by molar-refractivity contribution is 0.909. The Hall–Kier alpha value is -2.71. The normalized spacial score (nSPS) is 11.6. The molecule has 0 saturated carbocycles. The Balaban J connectivity index is 2.00. The quantitative estimate of drug-likeness (QED) is 0.798. The van der Waals surface area contributed by atoms with Gasteiger partial charge in [0.05, 0.1) is 5.56 Å². The molecule has 0 aliphatic heterocycles. The first kappa shape index (κ1) is 13.3. The molecule has 0 fully saturated rings. The zero-order valence-electron chi connectivity index (χ0n) is 11.1. The van der Waals surface area contributed by atoms with E-state index in [1.54, 1.807) is 35.9 Å². The molecule has 2 heterocycles. The lowest BCUT2D eigenvalue weighted by Crippen LogP contribution is -2.14. The molecule has 0 amide bonds. The van der Waals surface area contributed by atoms with Crippen molar-refractivity contribution in [2.75, 3.05) is 5.32 Å². The van der Waals surface area contributed by atoms with Crippen LogP contribution < -0.4 is 5.32 Å². The summed E-state index contributed by atoms with van der Waals surface area (Å²) in [6, 6.07) is 15.6. The fourth-order valence-electron chi connectivity index (χ4n) is 2.06. The van der Waals surface area contributed by atoms with E-state index < -0.39 is 0 Å². The van der Waals surface area contributed by atoms with Crippen molar-refractivity contribution in [2.45, 2.75) is 6.04 Å². The van der Waals surface area contributed by atoms with Crippen LogP contribution in [0, 0.1) is 11.3 Å². The van der Waals surface area contributed by atoms with Crippen molar-refractivity contribution < 1.29 is 0 Å². The van der Waals surface area contributed by atoms with Gasteiger partial charge in [0, 0.05) is 17.8 Å². The predicted octanol–water partition coefficient (Wildman–Crippen LogP) is 3.61. The third-order valence-corrected chi connectivity index (χ3v) is 3.88. The summed E-state index contributed by atoms with van der Waals surface area (Å²) in [5, 5.41) is 15.4. The van der Waals surface area contributed by atoms with Crippen LogP contribution in [-0.4, -0.2) is 9.97 Å². The average molecular weight is 292 g/mol. The summed E-state index contributed by atoms with van der Waals surface area (Å²) in [5.41, 5.74) is 1.61. The van der Waals surface area contributed by atoms with Crippen LogP contribution in [-0.2, 0) is 0 Å². The van der Waals surface area contributed by atoms with E-state index in [4.69, 9.17) is 0 Å². The lowest BCUT2D eigenvalue weighted by atomic mass is 10.1. The average Bonchev–Trinajstić information content (AvgIpc) is 3.08. The molecule has 102 valence electrons. The SMILES string of the molecule is N#Cc1cccnc1NC(c1ccccc1)c1nccs1. The molecule has 3 aromatic rings. The Morgan fingerprint density at radius 1 is 1.05 bits per heavy atom. The first-order chi connectivity index (χ1) is 10.4. The third-order valence-electron chi connectivity index (χ3n) is 3.04. The van der Waals surface area contributed by atoms with Gasteiger partial charge in [0.2, 0.25) is 0 Å². The molecule has 0 bridgehead atoms. The van der Waals surface area contributed by atoms with Gasteiger partial charge in [-0.25, -0.2) is 9.97 Å². The van der Waals surface area contributed by atoms with Gasteiger partial charge in [-0.05, 0) is 17.7 Å². The highest BCUT2D eigenvalue weighted by Crippen LogP contribution is 2.28. The van der Waals surface area contributed by atoms with Crippen molar-refractivity contribution >= 4 is 17.2 Å². The maximum atomic E-state index is 9.19. The number of anilines is 1. The number of nitriles is 1. The fourth-order valence-corrected chi connectivity index (χ4v) is 2.77. The highest BCUT2D eigenvalue weighted by molar-refractivity contribution is 7.09. The largest absolute Gasteiger partial charge is 0.356 e.